The summed E-state index contributed by atoms with van der Waals surface area (Å²) in [5.41, 5.74) is 0.846. The van der Waals surface area contributed by atoms with Crippen molar-refractivity contribution in [1.29, 1.82) is 0 Å². The minimum absolute atomic E-state index is 0.234. The summed E-state index contributed by atoms with van der Waals surface area (Å²) in [6, 6.07) is 0. The minimum atomic E-state index is -0.234. The first-order chi connectivity index (χ1) is 5.65. The van der Waals surface area contributed by atoms with Crippen LogP contribution in [0.1, 0.15) is 24.6 Å². The Morgan fingerprint density at radius 3 is 2.75 bits per heavy atom. The SMILES string of the molecule is C#CC(C(=C)C)c1noc(C)n1. The predicted molar refractivity (Wildman–Crippen MR) is 45.4 cm³/mol. The Hall–Kier alpha value is -1.56. The van der Waals surface area contributed by atoms with E-state index in [0.29, 0.717) is 11.7 Å². The molecule has 0 aliphatic heterocycles. The number of nitrogens with zero attached hydrogens (tertiary/aromatic N) is 2. The van der Waals surface area contributed by atoms with Crippen molar-refractivity contribution in [2.75, 3.05) is 0 Å². The Kier molecular flexibility index (Phi) is 2.29. The van der Waals surface area contributed by atoms with Gasteiger partial charge in [0.05, 0.1) is 0 Å². The average Bonchev–Trinajstić information content (AvgIpc) is 2.37. The van der Waals surface area contributed by atoms with E-state index >= 15 is 0 Å². The zero-order chi connectivity index (χ0) is 9.14. The van der Waals surface area contributed by atoms with Crippen LogP contribution >= 0.6 is 0 Å². The highest BCUT2D eigenvalue weighted by Crippen LogP contribution is 2.18. The maximum Gasteiger partial charge on any atom is 0.223 e. The molecule has 1 aromatic rings. The molecule has 3 nitrogen and oxygen atoms in total. The topological polar surface area (TPSA) is 38.9 Å². The molecule has 0 radical (unpaired) electrons. The van der Waals surface area contributed by atoms with Gasteiger partial charge < -0.3 is 4.52 Å². The second-order valence-corrected chi connectivity index (χ2v) is 2.62. The Morgan fingerprint density at radius 1 is 1.75 bits per heavy atom. The smallest absolute Gasteiger partial charge is 0.223 e. The molecule has 62 valence electrons. The zero-order valence-corrected chi connectivity index (χ0v) is 7.16. The van der Waals surface area contributed by atoms with E-state index in [-0.39, 0.29) is 5.92 Å². The van der Waals surface area contributed by atoms with Crippen molar-refractivity contribution in [1.82, 2.24) is 10.1 Å². The Balaban J connectivity index is 2.97. The van der Waals surface area contributed by atoms with E-state index in [0.717, 1.165) is 5.57 Å². The van der Waals surface area contributed by atoms with Gasteiger partial charge in [-0.1, -0.05) is 23.2 Å². The molecule has 0 saturated carbocycles. The maximum absolute atomic E-state index is 5.28. The lowest BCUT2D eigenvalue weighted by Gasteiger charge is -2.02. The molecular weight excluding hydrogens is 152 g/mol. The van der Waals surface area contributed by atoms with E-state index in [9.17, 15) is 0 Å². The summed E-state index contributed by atoms with van der Waals surface area (Å²) < 4.78 is 4.80. The fourth-order valence-electron chi connectivity index (χ4n) is 0.869. The Bertz CT molecular complexity index is 333. The van der Waals surface area contributed by atoms with Crippen molar-refractivity contribution in [3.63, 3.8) is 0 Å². The number of allylic oxidation sites excluding steroid dienone is 1. The second-order valence-electron chi connectivity index (χ2n) is 2.62. The molecule has 0 bridgehead atoms. The van der Waals surface area contributed by atoms with E-state index in [1.807, 2.05) is 6.92 Å². The van der Waals surface area contributed by atoms with E-state index in [1.54, 1.807) is 6.92 Å². The highest BCUT2D eigenvalue weighted by Gasteiger charge is 2.14. The zero-order valence-electron chi connectivity index (χ0n) is 7.16. The average molecular weight is 162 g/mol. The van der Waals surface area contributed by atoms with Crippen LogP contribution in [0.5, 0.6) is 0 Å². The number of aryl methyl sites for hydroxylation is 1. The lowest BCUT2D eigenvalue weighted by molar-refractivity contribution is 0.387. The van der Waals surface area contributed by atoms with Gasteiger partial charge in [0.25, 0.3) is 0 Å². The monoisotopic (exact) mass is 162 g/mol. The molecule has 0 aliphatic carbocycles. The van der Waals surface area contributed by atoms with Crippen LogP contribution < -0.4 is 0 Å². The summed E-state index contributed by atoms with van der Waals surface area (Å²) in [4.78, 5) is 4.02. The molecule has 1 atom stereocenters. The highest BCUT2D eigenvalue weighted by atomic mass is 16.5. The standard InChI is InChI=1S/C9H10N2O/c1-5-8(6(2)3)9-10-7(4)12-11-9/h1,8H,2H2,3-4H3. The van der Waals surface area contributed by atoms with Crippen LogP contribution in [-0.2, 0) is 0 Å². The lowest BCUT2D eigenvalue weighted by atomic mass is 10.0. The van der Waals surface area contributed by atoms with Gasteiger partial charge in [-0.2, -0.15) is 4.98 Å². The molecule has 0 aliphatic rings. The van der Waals surface area contributed by atoms with E-state index in [2.05, 4.69) is 22.6 Å². The van der Waals surface area contributed by atoms with Gasteiger partial charge in [-0.05, 0) is 6.92 Å². The first kappa shape index (κ1) is 8.54. The summed E-state index contributed by atoms with van der Waals surface area (Å²) >= 11 is 0. The third kappa shape index (κ3) is 1.54. The van der Waals surface area contributed by atoms with Gasteiger partial charge in [0, 0.05) is 6.92 Å². The van der Waals surface area contributed by atoms with Crippen LogP contribution in [0.25, 0.3) is 0 Å². The van der Waals surface area contributed by atoms with E-state index in [1.165, 1.54) is 0 Å². The van der Waals surface area contributed by atoms with Crippen LogP contribution in [0.4, 0.5) is 0 Å². The molecule has 12 heavy (non-hydrogen) atoms. The van der Waals surface area contributed by atoms with Gasteiger partial charge in [0.15, 0.2) is 5.82 Å². The van der Waals surface area contributed by atoms with Crippen LogP contribution in [-0.4, -0.2) is 10.1 Å². The summed E-state index contributed by atoms with van der Waals surface area (Å²) in [5, 5.41) is 3.72. The largest absolute Gasteiger partial charge is 0.340 e. The van der Waals surface area contributed by atoms with Crippen molar-refractivity contribution in [3.05, 3.63) is 23.9 Å². The molecule has 1 heterocycles. The fourth-order valence-corrected chi connectivity index (χ4v) is 0.869. The van der Waals surface area contributed by atoms with Gasteiger partial charge in [-0.15, -0.1) is 6.42 Å². The summed E-state index contributed by atoms with van der Waals surface area (Å²) in [6.07, 6.45) is 5.28. The number of hydrogen-bond acceptors (Lipinski definition) is 3. The van der Waals surface area contributed by atoms with Crippen molar-refractivity contribution in [2.45, 2.75) is 19.8 Å². The Morgan fingerprint density at radius 2 is 2.42 bits per heavy atom. The van der Waals surface area contributed by atoms with Crippen LogP contribution in [0.2, 0.25) is 0 Å². The molecule has 3 heteroatoms. The second kappa shape index (κ2) is 3.22. The van der Waals surface area contributed by atoms with Gasteiger partial charge in [0.2, 0.25) is 5.89 Å². The van der Waals surface area contributed by atoms with Crippen LogP contribution in [0.15, 0.2) is 16.7 Å². The van der Waals surface area contributed by atoms with E-state index in [4.69, 9.17) is 10.9 Å². The molecule has 0 saturated heterocycles. The fraction of sp³-hybridized carbons (Fsp3) is 0.333. The molecule has 1 unspecified atom stereocenters. The van der Waals surface area contributed by atoms with Crippen molar-refractivity contribution >= 4 is 0 Å². The molecule has 0 fully saturated rings. The number of rotatable bonds is 2. The van der Waals surface area contributed by atoms with Gasteiger partial charge in [0.1, 0.15) is 5.92 Å². The molecule has 0 N–H and O–H groups in total. The summed E-state index contributed by atoms with van der Waals surface area (Å²) in [6.45, 7) is 7.32. The van der Waals surface area contributed by atoms with E-state index < -0.39 is 0 Å². The minimum Gasteiger partial charge on any atom is -0.340 e. The summed E-state index contributed by atoms with van der Waals surface area (Å²) in [7, 11) is 0. The van der Waals surface area contributed by atoms with Crippen molar-refractivity contribution < 1.29 is 4.52 Å². The predicted octanol–water partition coefficient (Wildman–Crippen LogP) is 1.67. The quantitative estimate of drug-likeness (QED) is 0.490. The third-order valence-corrected chi connectivity index (χ3v) is 1.46. The van der Waals surface area contributed by atoms with Crippen molar-refractivity contribution in [2.24, 2.45) is 0 Å². The first-order valence-electron chi connectivity index (χ1n) is 3.57. The summed E-state index contributed by atoms with van der Waals surface area (Å²) in [5.74, 6) is 3.35. The molecule has 1 rings (SSSR count). The first-order valence-corrected chi connectivity index (χ1v) is 3.57. The van der Waals surface area contributed by atoms with Gasteiger partial charge in [-0.25, -0.2) is 0 Å². The molecular formula is C9H10N2O. The molecule has 0 spiro atoms. The number of terminal acetylenes is 1. The normalized spacial score (nSPS) is 12.1. The number of aromatic nitrogens is 2. The number of hydrogen-bond donors (Lipinski definition) is 0. The van der Waals surface area contributed by atoms with Crippen LogP contribution in [0, 0.1) is 19.3 Å². The highest BCUT2D eigenvalue weighted by molar-refractivity contribution is 5.25. The third-order valence-electron chi connectivity index (χ3n) is 1.46. The molecule has 0 aromatic carbocycles. The molecule has 0 amide bonds. The van der Waals surface area contributed by atoms with Gasteiger partial charge in [-0.3, -0.25) is 0 Å². The lowest BCUT2D eigenvalue weighted by Crippen LogP contribution is -1.98. The van der Waals surface area contributed by atoms with Crippen molar-refractivity contribution in [3.8, 4) is 12.3 Å². The molecule has 1 aromatic heterocycles. The Labute approximate surface area is 71.5 Å². The van der Waals surface area contributed by atoms with Gasteiger partial charge >= 0.3 is 0 Å². The van der Waals surface area contributed by atoms with Crippen LogP contribution in [0.3, 0.4) is 0 Å². The maximum atomic E-state index is 5.28.